The first kappa shape index (κ1) is 23.1. The monoisotopic (exact) mass is 438 g/mol. The van der Waals surface area contributed by atoms with E-state index < -0.39 is 22.7 Å². The highest BCUT2D eigenvalue weighted by molar-refractivity contribution is 5.91. The van der Waals surface area contributed by atoms with Gasteiger partial charge in [0.2, 0.25) is 0 Å². The highest BCUT2D eigenvalue weighted by atomic mass is 19.1. The van der Waals surface area contributed by atoms with Crippen molar-refractivity contribution in [3.05, 3.63) is 32.7 Å². The number of methoxy groups -OCH3 is 1. The van der Waals surface area contributed by atoms with E-state index in [0.717, 1.165) is 26.0 Å². The van der Waals surface area contributed by atoms with Gasteiger partial charge >= 0.3 is 5.69 Å². The molecule has 0 amide bonds. The minimum Gasteiger partial charge on any atom is -0.492 e. The second kappa shape index (κ2) is 8.51. The van der Waals surface area contributed by atoms with E-state index in [2.05, 4.69) is 0 Å². The molecule has 0 radical (unpaired) electrons. The molecular weight excluding hydrogens is 407 g/mol. The van der Waals surface area contributed by atoms with Gasteiger partial charge in [-0.25, -0.2) is 9.18 Å². The van der Waals surface area contributed by atoms with E-state index in [-0.39, 0.29) is 34.3 Å². The Hall–Kier alpha value is -2.59. The number of fused-ring (bicyclic) bond motifs is 1. The Morgan fingerprint density at radius 2 is 1.94 bits per heavy atom. The predicted octanol–water partition coefficient (Wildman–Crippen LogP) is 0.955. The number of anilines is 1. The molecule has 0 spiro atoms. The van der Waals surface area contributed by atoms with Crippen LogP contribution in [0.5, 0.6) is 5.75 Å². The first-order chi connectivity index (χ1) is 14.7. The fourth-order valence-corrected chi connectivity index (χ4v) is 4.36. The molecule has 172 valence electrons. The zero-order valence-electron chi connectivity index (χ0n) is 18.4. The highest BCUT2D eigenvalue weighted by Gasteiger charge is 2.38. The van der Waals surface area contributed by atoms with Gasteiger partial charge < -0.3 is 25.7 Å². The number of halogens is 1. The molecule has 0 bridgehead atoms. The third-order valence-electron chi connectivity index (χ3n) is 6.50. The molecule has 2 atom stereocenters. The summed E-state index contributed by atoms with van der Waals surface area (Å²) < 4.78 is 22.8. The van der Waals surface area contributed by atoms with Gasteiger partial charge in [0, 0.05) is 32.2 Å². The van der Waals surface area contributed by atoms with Crippen LogP contribution in [-0.4, -0.2) is 52.4 Å². The Kier molecular flexibility index (Phi) is 6.33. The number of benzene rings is 1. The van der Waals surface area contributed by atoms with E-state index in [0.29, 0.717) is 30.6 Å². The van der Waals surface area contributed by atoms with E-state index in [1.54, 1.807) is 6.92 Å². The van der Waals surface area contributed by atoms with Crippen molar-refractivity contribution in [3.8, 4) is 5.75 Å². The molecule has 1 saturated heterocycles. The van der Waals surface area contributed by atoms with Crippen LogP contribution in [0.2, 0.25) is 0 Å². The maximum atomic E-state index is 15.2. The average molecular weight is 439 g/mol. The molecule has 4 rings (SSSR count). The summed E-state index contributed by atoms with van der Waals surface area (Å²) in [6, 6.07) is 1.06. The lowest BCUT2D eigenvalue weighted by atomic mass is 9.86. The van der Waals surface area contributed by atoms with Crippen LogP contribution in [0.15, 0.2) is 15.7 Å². The number of aromatic nitrogens is 2. The highest BCUT2D eigenvalue weighted by Crippen LogP contribution is 2.44. The first-order valence-corrected chi connectivity index (χ1v) is 10.5. The number of aliphatic hydroxyl groups excluding tert-OH is 1. The van der Waals surface area contributed by atoms with Gasteiger partial charge in [0.1, 0.15) is 11.2 Å². The Bertz CT molecular complexity index is 1090. The fourth-order valence-electron chi connectivity index (χ4n) is 4.36. The number of nitrogen functional groups attached to an aromatic ring is 1. The molecule has 2 heterocycles. The summed E-state index contributed by atoms with van der Waals surface area (Å²) in [6.07, 6.45) is 2.88. The van der Waals surface area contributed by atoms with Crippen LogP contribution in [0.25, 0.3) is 10.9 Å². The molecule has 10 heteroatoms. The summed E-state index contributed by atoms with van der Waals surface area (Å²) in [6.45, 7) is 4.72. The zero-order chi connectivity index (χ0) is 23.1. The Balaban J connectivity index is 0.00000132. The van der Waals surface area contributed by atoms with Gasteiger partial charge in [0.25, 0.3) is 5.56 Å². The Labute approximate surface area is 179 Å². The van der Waals surface area contributed by atoms with Gasteiger partial charge in [-0.05, 0) is 38.7 Å². The lowest BCUT2D eigenvalue weighted by molar-refractivity contribution is 0.00400. The van der Waals surface area contributed by atoms with Crippen LogP contribution in [0, 0.1) is 11.7 Å². The molecule has 1 aliphatic carbocycles. The molecule has 2 unspecified atom stereocenters. The normalized spacial score (nSPS) is 20.4. The summed E-state index contributed by atoms with van der Waals surface area (Å²) >= 11 is 0. The van der Waals surface area contributed by atoms with E-state index in [1.165, 1.54) is 11.7 Å². The van der Waals surface area contributed by atoms with Crippen LogP contribution >= 0.6 is 0 Å². The standard InChI is InChI=1S/C20H27FN4O4.CH4O/c1-4-20(2,28)11-7-8-23(10-11)16-14(21)9-13-15(17(16)29-3)24(12-5-6-12)19(27)25(22)18(13)26;1-2/h9,11-12,28H,4-8,10,22H2,1-3H3;2H,1H3. The number of rotatable bonds is 5. The minimum atomic E-state index is -0.849. The Morgan fingerprint density at radius 1 is 1.29 bits per heavy atom. The van der Waals surface area contributed by atoms with E-state index in [1.807, 2.05) is 11.8 Å². The van der Waals surface area contributed by atoms with Crippen LogP contribution in [-0.2, 0) is 0 Å². The number of hydrogen-bond donors (Lipinski definition) is 3. The quantitative estimate of drug-likeness (QED) is 0.594. The average Bonchev–Trinajstić information content (AvgIpc) is 3.48. The molecule has 2 aromatic rings. The summed E-state index contributed by atoms with van der Waals surface area (Å²) in [4.78, 5) is 27.1. The van der Waals surface area contributed by atoms with Crippen molar-refractivity contribution in [1.82, 2.24) is 9.24 Å². The summed E-state index contributed by atoms with van der Waals surface area (Å²) in [5.41, 5.74) is -1.72. The molecule has 4 N–H and O–H groups in total. The minimum absolute atomic E-state index is 0.0185. The molecule has 1 saturated carbocycles. The third-order valence-corrected chi connectivity index (χ3v) is 6.50. The van der Waals surface area contributed by atoms with Crippen molar-refractivity contribution in [1.29, 1.82) is 0 Å². The number of aliphatic hydroxyl groups is 2. The van der Waals surface area contributed by atoms with Gasteiger partial charge in [-0.3, -0.25) is 9.36 Å². The van der Waals surface area contributed by atoms with Crippen LogP contribution in [0.1, 0.15) is 45.6 Å². The van der Waals surface area contributed by atoms with Crippen molar-refractivity contribution in [2.45, 2.75) is 51.2 Å². The maximum Gasteiger partial charge on any atom is 0.350 e. The van der Waals surface area contributed by atoms with Crippen molar-refractivity contribution in [2.75, 3.05) is 38.1 Å². The van der Waals surface area contributed by atoms with E-state index in [4.69, 9.17) is 15.7 Å². The van der Waals surface area contributed by atoms with Crippen LogP contribution < -0.4 is 26.7 Å². The topological polar surface area (TPSA) is 123 Å². The van der Waals surface area contributed by atoms with E-state index >= 15 is 4.39 Å². The molecule has 1 aliphatic heterocycles. The lowest BCUT2D eigenvalue weighted by Crippen LogP contribution is -2.44. The number of hydrogen-bond acceptors (Lipinski definition) is 7. The molecule has 1 aromatic carbocycles. The zero-order valence-corrected chi connectivity index (χ0v) is 18.4. The molecule has 9 nitrogen and oxygen atoms in total. The summed E-state index contributed by atoms with van der Waals surface area (Å²) in [7, 11) is 2.41. The molecule has 2 fully saturated rings. The molecule has 31 heavy (non-hydrogen) atoms. The van der Waals surface area contributed by atoms with Gasteiger partial charge in [-0.15, -0.1) is 0 Å². The van der Waals surface area contributed by atoms with E-state index in [9.17, 15) is 14.7 Å². The number of nitrogens with two attached hydrogens (primary N) is 1. The van der Waals surface area contributed by atoms with Gasteiger partial charge in [-0.1, -0.05) is 6.92 Å². The predicted molar refractivity (Wildman–Crippen MR) is 117 cm³/mol. The van der Waals surface area contributed by atoms with Crippen LogP contribution in [0.3, 0.4) is 0 Å². The number of ether oxygens (including phenoxy) is 1. The van der Waals surface area contributed by atoms with Crippen molar-refractivity contribution in [2.24, 2.45) is 5.92 Å². The van der Waals surface area contributed by atoms with Crippen molar-refractivity contribution < 1.29 is 19.3 Å². The molecule has 2 aliphatic rings. The van der Waals surface area contributed by atoms with Gasteiger partial charge in [0.15, 0.2) is 11.6 Å². The summed E-state index contributed by atoms with van der Waals surface area (Å²) in [5.74, 6) is 5.21. The fraction of sp³-hybridized carbons (Fsp3) is 0.619. The maximum absolute atomic E-state index is 15.2. The van der Waals surface area contributed by atoms with Gasteiger partial charge in [-0.2, -0.15) is 4.68 Å². The van der Waals surface area contributed by atoms with Gasteiger partial charge in [0.05, 0.1) is 18.1 Å². The second-order valence-corrected chi connectivity index (χ2v) is 8.34. The molecular formula is C21H31FN4O5. The largest absolute Gasteiger partial charge is 0.492 e. The Morgan fingerprint density at radius 3 is 2.48 bits per heavy atom. The van der Waals surface area contributed by atoms with Crippen molar-refractivity contribution in [3.63, 3.8) is 0 Å². The summed E-state index contributed by atoms with van der Waals surface area (Å²) in [5, 5.41) is 17.7. The molecule has 1 aromatic heterocycles. The van der Waals surface area contributed by atoms with Crippen molar-refractivity contribution >= 4 is 16.6 Å². The SMILES string of the molecule is CCC(C)(O)C1CCN(c2c(F)cc3c(=O)n(N)c(=O)n(C4CC4)c3c2OC)C1.CO. The third kappa shape index (κ3) is 3.78. The van der Waals surface area contributed by atoms with Crippen LogP contribution in [0.4, 0.5) is 10.1 Å². The number of nitrogens with zero attached hydrogens (tertiary/aromatic N) is 3. The smallest absolute Gasteiger partial charge is 0.350 e. The second-order valence-electron chi connectivity index (χ2n) is 8.34. The lowest BCUT2D eigenvalue weighted by Gasteiger charge is -2.30. The first-order valence-electron chi connectivity index (χ1n) is 10.5.